The molecular formula is C11H24O2. The van der Waals surface area contributed by atoms with Crippen molar-refractivity contribution in [2.75, 3.05) is 13.2 Å². The molecule has 0 radical (unpaired) electrons. The predicted molar refractivity (Wildman–Crippen MR) is 55.6 cm³/mol. The highest BCUT2D eigenvalue weighted by Crippen LogP contribution is 2.04. The van der Waals surface area contributed by atoms with E-state index in [2.05, 4.69) is 13.8 Å². The van der Waals surface area contributed by atoms with E-state index >= 15 is 0 Å². The van der Waals surface area contributed by atoms with Crippen molar-refractivity contribution in [2.45, 2.75) is 58.8 Å². The van der Waals surface area contributed by atoms with Gasteiger partial charge in [-0.3, -0.25) is 0 Å². The molecule has 0 rings (SSSR count). The van der Waals surface area contributed by atoms with Crippen LogP contribution in [0.15, 0.2) is 0 Å². The third kappa shape index (κ3) is 11.9. The Morgan fingerprint density at radius 3 is 1.92 bits per heavy atom. The Labute approximate surface area is 82.5 Å². The van der Waals surface area contributed by atoms with E-state index in [0.717, 1.165) is 26.1 Å². The van der Waals surface area contributed by atoms with Gasteiger partial charge in [0.15, 0.2) is 0 Å². The molecule has 0 aromatic rings. The second kappa shape index (κ2) is 11.9. The lowest BCUT2D eigenvalue weighted by Crippen LogP contribution is -1.97. The minimum absolute atomic E-state index is 0.718. The van der Waals surface area contributed by atoms with E-state index in [1.807, 2.05) is 0 Å². The first kappa shape index (κ1) is 12.9. The smallest absolute Gasteiger partial charge is 0.0822 e. The molecule has 2 heteroatoms. The summed E-state index contributed by atoms with van der Waals surface area (Å²) in [6.45, 7) is 5.79. The van der Waals surface area contributed by atoms with Gasteiger partial charge in [-0.25, -0.2) is 9.78 Å². The van der Waals surface area contributed by atoms with Crippen LogP contribution in [0.5, 0.6) is 0 Å². The standard InChI is InChI=1S/C11H24O2/c1-3-5-6-7-8-9-11-13-12-10-4-2/h3-11H2,1-2H3. The monoisotopic (exact) mass is 188 g/mol. The highest BCUT2D eigenvalue weighted by molar-refractivity contribution is 4.42. The molecule has 0 saturated heterocycles. The van der Waals surface area contributed by atoms with Crippen molar-refractivity contribution in [1.29, 1.82) is 0 Å². The minimum Gasteiger partial charge on any atom is -0.237 e. The van der Waals surface area contributed by atoms with Gasteiger partial charge in [-0.1, -0.05) is 46.0 Å². The van der Waals surface area contributed by atoms with Gasteiger partial charge in [0.25, 0.3) is 0 Å². The van der Waals surface area contributed by atoms with Gasteiger partial charge in [-0.05, 0) is 12.8 Å². The lowest BCUT2D eigenvalue weighted by atomic mass is 10.1. The average molecular weight is 188 g/mol. The van der Waals surface area contributed by atoms with Gasteiger partial charge in [0.1, 0.15) is 0 Å². The second-order valence-corrected chi connectivity index (χ2v) is 3.41. The van der Waals surface area contributed by atoms with Crippen LogP contribution in [0.4, 0.5) is 0 Å². The number of rotatable bonds is 10. The summed E-state index contributed by atoms with van der Waals surface area (Å²) in [5.74, 6) is 0. The second-order valence-electron chi connectivity index (χ2n) is 3.41. The molecule has 0 saturated carbocycles. The van der Waals surface area contributed by atoms with Crippen LogP contribution in [0.3, 0.4) is 0 Å². The van der Waals surface area contributed by atoms with E-state index in [0.29, 0.717) is 0 Å². The van der Waals surface area contributed by atoms with Gasteiger partial charge in [-0.2, -0.15) is 0 Å². The highest BCUT2D eigenvalue weighted by atomic mass is 17.2. The molecule has 0 aliphatic carbocycles. The van der Waals surface area contributed by atoms with E-state index in [4.69, 9.17) is 9.78 Å². The molecular weight excluding hydrogens is 164 g/mol. The normalized spacial score (nSPS) is 10.6. The summed E-state index contributed by atoms with van der Waals surface area (Å²) in [6.07, 6.45) is 8.82. The fraction of sp³-hybridized carbons (Fsp3) is 1.00. The fourth-order valence-corrected chi connectivity index (χ4v) is 1.14. The molecule has 0 amide bonds. The van der Waals surface area contributed by atoms with E-state index in [-0.39, 0.29) is 0 Å². The van der Waals surface area contributed by atoms with Crippen molar-refractivity contribution in [3.8, 4) is 0 Å². The van der Waals surface area contributed by atoms with Gasteiger partial charge in [-0.15, -0.1) is 0 Å². The zero-order chi connectivity index (χ0) is 9.78. The Bertz CT molecular complexity index is 74.2. The average Bonchev–Trinajstić information content (AvgIpc) is 2.16. The number of hydrogen-bond acceptors (Lipinski definition) is 2. The molecule has 0 aromatic carbocycles. The molecule has 0 unspecified atom stereocenters. The molecule has 80 valence electrons. The Kier molecular flexibility index (Phi) is 11.8. The molecule has 0 fully saturated rings. The van der Waals surface area contributed by atoms with Gasteiger partial charge < -0.3 is 0 Å². The predicted octanol–water partition coefficient (Wildman–Crippen LogP) is 3.71. The summed E-state index contributed by atoms with van der Waals surface area (Å²) >= 11 is 0. The van der Waals surface area contributed by atoms with Crippen LogP contribution in [0.2, 0.25) is 0 Å². The first-order chi connectivity index (χ1) is 6.41. The van der Waals surface area contributed by atoms with E-state index in [9.17, 15) is 0 Å². The summed E-state index contributed by atoms with van der Waals surface area (Å²) in [6, 6.07) is 0. The van der Waals surface area contributed by atoms with Crippen molar-refractivity contribution in [3.63, 3.8) is 0 Å². The maximum absolute atomic E-state index is 4.98. The number of hydrogen-bond donors (Lipinski definition) is 0. The first-order valence-corrected chi connectivity index (χ1v) is 5.66. The van der Waals surface area contributed by atoms with Crippen LogP contribution in [-0.4, -0.2) is 13.2 Å². The number of unbranched alkanes of at least 4 members (excludes halogenated alkanes) is 5. The molecule has 0 aliphatic heterocycles. The van der Waals surface area contributed by atoms with Crippen LogP contribution in [0, 0.1) is 0 Å². The van der Waals surface area contributed by atoms with Crippen LogP contribution < -0.4 is 0 Å². The van der Waals surface area contributed by atoms with Crippen LogP contribution >= 0.6 is 0 Å². The van der Waals surface area contributed by atoms with Gasteiger partial charge >= 0.3 is 0 Å². The van der Waals surface area contributed by atoms with Gasteiger partial charge in [0.05, 0.1) is 13.2 Å². The fourth-order valence-electron chi connectivity index (χ4n) is 1.14. The van der Waals surface area contributed by atoms with Crippen molar-refractivity contribution < 1.29 is 9.78 Å². The van der Waals surface area contributed by atoms with Crippen molar-refractivity contribution >= 4 is 0 Å². The van der Waals surface area contributed by atoms with Gasteiger partial charge in [0.2, 0.25) is 0 Å². The molecule has 0 atom stereocenters. The zero-order valence-electron chi connectivity index (χ0n) is 9.18. The quantitative estimate of drug-likeness (QED) is 0.295. The molecule has 0 bridgehead atoms. The SMILES string of the molecule is CCCCCCCCOOCCC. The molecule has 0 aromatic heterocycles. The summed E-state index contributed by atoms with van der Waals surface area (Å²) in [5.41, 5.74) is 0. The third-order valence-electron chi connectivity index (χ3n) is 1.95. The minimum atomic E-state index is 0.718. The Hall–Kier alpha value is -0.0800. The highest BCUT2D eigenvalue weighted by Gasteiger charge is 1.90. The molecule has 0 aliphatic rings. The Morgan fingerprint density at radius 2 is 1.23 bits per heavy atom. The maximum Gasteiger partial charge on any atom is 0.0822 e. The first-order valence-electron chi connectivity index (χ1n) is 5.66. The van der Waals surface area contributed by atoms with E-state index < -0.39 is 0 Å². The molecule has 13 heavy (non-hydrogen) atoms. The van der Waals surface area contributed by atoms with Crippen molar-refractivity contribution in [3.05, 3.63) is 0 Å². The van der Waals surface area contributed by atoms with Crippen molar-refractivity contribution in [1.82, 2.24) is 0 Å². The zero-order valence-corrected chi connectivity index (χ0v) is 9.18. The summed E-state index contributed by atoms with van der Waals surface area (Å²) in [7, 11) is 0. The van der Waals surface area contributed by atoms with Crippen LogP contribution in [-0.2, 0) is 9.78 Å². The summed E-state index contributed by atoms with van der Waals surface area (Å²) in [5, 5.41) is 0. The van der Waals surface area contributed by atoms with E-state index in [1.54, 1.807) is 0 Å². The molecule has 0 spiro atoms. The molecule has 0 N–H and O–H groups in total. The van der Waals surface area contributed by atoms with Crippen LogP contribution in [0.1, 0.15) is 58.8 Å². The van der Waals surface area contributed by atoms with Gasteiger partial charge in [0, 0.05) is 0 Å². The van der Waals surface area contributed by atoms with E-state index in [1.165, 1.54) is 32.1 Å². The lowest BCUT2D eigenvalue weighted by molar-refractivity contribution is -0.294. The maximum atomic E-state index is 4.98. The van der Waals surface area contributed by atoms with Crippen molar-refractivity contribution in [2.24, 2.45) is 0 Å². The molecule has 2 nitrogen and oxygen atoms in total. The largest absolute Gasteiger partial charge is 0.237 e. The summed E-state index contributed by atoms with van der Waals surface area (Å²) in [4.78, 5) is 9.89. The Balaban J connectivity index is 2.76. The lowest BCUT2D eigenvalue weighted by Gasteiger charge is -2.02. The van der Waals surface area contributed by atoms with Crippen LogP contribution in [0.25, 0.3) is 0 Å². The summed E-state index contributed by atoms with van der Waals surface area (Å²) < 4.78 is 0. The molecule has 0 heterocycles. The Morgan fingerprint density at radius 1 is 0.615 bits per heavy atom. The third-order valence-corrected chi connectivity index (χ3v) is 1.95. The topological polar surface area (TPSA) is 18.5 Å².